The van der Waals surface area contributed by atoms with Crippen LogP contribution < -0.4 is 10.2 Å². The van der Waals surface area contributed by atoms with Gasteiger partial charge in [-0.25, -0.2) is 4.79 Å². The smallest absolute Gasteiger partial charge is 0.338 e. The van der Waals surface area contributed by atoms with Crippen LogP contribution in [0.1, 0.15) is 23.2 Å². The summed E-state index contributed by atoms with van der Waals surface area (Å²) < 4.78 is 5.71. The molecule has 1 fully saturated rings. The quantitative estimate of drug-likeness (QED) is 0.581. The third-order valence-electron chi connectivity index (χ3n) is 3.90. The molecule has 1 aliphatic heterocycles. The average molecular weight is 431 g/mol. The fourth-order valence-electron chi connectivity index (χ4n) is 2.57. The molecule has 7 nitrogen and oxygen atoms in total. The summed E-state index contributed by atoms with van der Waals surface area (Å²) in [5.41, 5.74) is 1.19. The molecule has 1 N–H and O–H groups in total. The largest absolute Gasteiger partial charge is 0.452 e. The number of imide groups is 1. The van der Waals surface area contributed by atoms with Crippen LogP contribution >= 0.6 is 15.9 Å². The van der Waals surface area contributed by atoms with E-state index >= 15 is 0 Å². The minimum absolute atomic E-state index is 0.190. The van der Waals surface area contributed by atoms with Gasteiger partial charge in [0.05, 0.1) is 16.9 Å². The number of nitrogens with one attached hydrogen (secondary N) is 1. The molecule has 27 heavy (non-hydrogen) atoms. The van der Waals surface area contributed by atoms with Gasteiger partial charge in [-0.1, -0.05) is 12.1 Å². The maximum absolute atomic E-state index is 12.1. The highest BCUT2D eigenvalue weighted by molar-refractivity contribution is 9.10. The number of rotatable bonds is 5. The third kappa shape index (κ3) is 4.40. The molecule has 0 unspecified atom stereocenters. The van der Waals surface area contributed by atoms with Crippen LogP contribution in [0, 0.1) is 0 Å². The average Bonchev–Trinajstić information content (AvgIpc) is 3.00. The molecular formula is C19H15BrN2O5. The Hall–Kier alpha value is -3.00. The Labute approximate surface area is 163 Å². The fourth-order valence-corrected chi connectivity index (χ4v) is 2.96. The number of hydrogen-bond acceptors (Lipinski definition) is 5. The molecule has 1 heterocycles. The number of esters is 1. The first-order valence-corrected chi connectivity index (χ1v) is 8.92. The lowest BCUT2D eigenvalue weighted by atomic mass is 10.2. The number of ether oxygens (including phenoxy) is 1. The molecule has 2 aromatic rings. The molecule has 8 heteroatoms. The van der Waals surface area contributed by atoms with E-state index in [9.17, 15) is 19.2 Å². The van der Waals surface area contributed by atoms with Gasteiger partial charge in [0, 0.05) is 17.3 Å². The van der Waals surface area contributed by atoms with Gasteiger partial charge in [0.1, 0.15) is 0 Å². The van der Waals surface area contributed by atoms with Gasteiger partial charge in [-0.2, -0.15) is 0 Å². The van der Waals surface area contributed by atoms with Crippen molar-refractivity contribution in [3.05, 3.63) is 58.6 Å². The zero-order valence-electron chi connectivity index (χ0n) is 14.1. The first-order chi connectivity index (χ1) is 13.0. The number of nitrogens with zero attached hydrogens (tertiary/aromatic N) is 1. The monoisotopic (exact) mass is 430 g/mol. The number of carbonyl (C=O) groups is 4. The summed E-state index contributed by atoms with van der Waals surface area (Å²) in [6.45, 7) is -0.439. The Morgan fingerprint density at radius 1 is 1.00 bits per heavy atom. The topological polar surface area (TPSA) is 92.8 Å². The van der Waals surface area contributed by atoms with Crippen molar-refractivity contribution in [1.82, 2.24) is 0 Å². The number of amides is 3. The van der Waals surface area contributed by atoms with Crippen LogP contribution in [0.25, 0.3) is 0 Å². The number of anilines is 2. The van der Waals surface area contributed by atoms with Crippen LogP contribution in [0.3, 0.4) is 0 Å². The van der Waals surface area contributed by atoms with Gasteiger partial charge in [0.2, 0.25) is 11.8 Å². The molecule has 0 aliphatic carbocycles. The minimum atomic E-state index is -0.678. The number of benzene rings is 2. The molecular weight excluding hydrogens is 416 g/mol. The lowest BCUT2D eigenvalue weighted by Gasteiger charge is -2.14. The third-order valence-corrected chi connectivity index (χ3v) is 4.59. The molecule has 3 rings (SSSR count). The summed E-state index contributed by atoms with van der Waals surface area (Å²) in [5, 5.41) is 2.63. The maximum Gasteiger partial charge on any atom is 0.338 e. The number of para-hydroxylation sites is 1. The minimum Gasteiger partial charge on any atom is -0.452 e. The first kappa shape index (κ1) is 18.8. The molecule has 138 valence electrons. The predicted octanol–water partition coefficient (Wildman–Crippen LogP) is 2.90. The highest BCUT2D eigenvalue weighted by Crippen LogP contribution is 2.23. The van der Waals surface area contributed by atoms with Gasteiger partial charge in [0.15, 0.2) is 6.61 Å². The van der Waals surface area contributed by atoms with Crippen molar-refractivity contribution in [3.63, 3.8) is 0 Å². The Bertz CT molecular complexity index is 895. The number of hydrogen-bond donors (Lipinski definition) is 1. The van der Waals surface area contributed by atoms with Crippen LogP contribution in [0.15, 0.2) is 53.0 Å². The van der Waals surface area contributed by atoms with Crippen LogP contribution in [0.4, 0.5) is 11.4 Å². The molecule has 0 atom stereocenters. The molecule has 0 aromatic heterocycles. The molecule has 3 amide bonds. The molecule has 0 radical (unpaired) electrons. The van der Waals surface area contributed by atoms with E-state index in [-0.39, 0.29) is 30.2 Å². The van der Waals surface area contributed by atoms with E-state index in [0.29, 0.717) is 15.8 Å². The van der Waals surface area contributed by atoms with Gasteiger partial charge in [-0.3, -0.25) is 19.3 Å². The molecule has 0 saturated carbocycles. The van der Waals surface area contributed by atoms with Gasteiger partial charge in [0.25, 0.3) is 5.91 Å². The maximum atomic E-state index is 12.1. The van der Waals surface area contributed by atoms with Crippen molar-refractivity contribution < 1.29 is 23.9 Å². The Morgan fingerprint density at radius 2 is 1.63 bits per heavy atom. The second kappa shape index (κ2) is 8.13. The van der Waals surface area contributed by atoms with Gasteiger partial charge >= 0.3 is 5.97 Å². The van der Waals surface area contributed by atoms with Crippen LogP contribution in [-0.2, 0) is 19.1 Å². The number of carbonyl (C=O) groups excluding carboxylic acids is 4. The second-order valence-electron chi connectivity index (χ2n) is 5.77. The van der Waals surface area contributed by atoms with Crippen molar-refractivity contribution in [2.45, 2.75) is 12.8 Å². The fraction of sp³-hybridized carbons (Fsp3) is 0.158. The standard InChI is InChI=1S/C19H15BrN2O5/c20-14-3-1-2-4-15(14)21-16(23)11-27-19(26)12-5-7-13(8-6-12)22-17(24)9-10-18(22)25/h1-8H,9-11H2,(H,21,23). The SMILES string of the molecule is O=C(COC(=O)c1ccc(N2C(=O)CCC2=O)cc1)Nc1ccccc1Br. The number of halogens is 1. The van der Waals surface area contributed by atoms with E-state index in [1.807, 2.05) is 6.07 Å². The summed E-state index contributed by atoms with van der Waals surface area (Å²) >= 11 is 3.31. The summed E-state index contributed by atoms with van der Waals surface area (Å²) in [5.74, 6) is -1.68. The molecule has 2 aromatic carbocycles. The van der Waals surface area contributed by atoms with Crippen molar-refractivity contribution in [2.24, 2.45) is 0 Å². The highest BCUT2D eigenvalue weighted by Gasteiger charge is 2.30. The Kier molecular flexibility index (Phi) is 5.66. The Morgan fingerprint density at radius 3 is 2.26 bits per heavy atom. The zero-order chi connectivity index (χ0) is 19.4. The summed E-state index contributed by atoms with van der Waals surface area (Å²) in [7, 11) is 0. The highest BCUT2D eigenvalue weighted by atomic mass is 79.9. The van der Waals surface area contributed by atoms with Crippen LogP contribution in [-0.4, -0.2) is 30.3 Å². The molecule has 0 bridgehead atoms. The van der Waals surface area contributed by atoms with E-state index in [1.54, 1.807) is 18.2 Å². The summed E-state index contributed by atoms with van der Waals surface area (Å²) in [6.07, 6.45) is 0.379. The van der Waals surface area contributed by atoms with Crippen LogP contribution in [0.2, 0.25) is 0 Å². The van der Waals surface area contributed by atoms with E-state index < -0.39 is 18.5 Å². The predicted molar refractivity (Wildman–Crippen MR) is 101 cm³/mol. The van der Waals surface area contributed by atoms with Gasteiger partial charge in [-0.05, 0) is 52.3 Å². The van der Waals surface area contributed by atoms with Crippen molar-refractivity contribution in [1.29, 1.82) is 0 Å². The van der Waals surface area contributed by atoms with Gasteiger partial charge < -0.3 is 10.1 Å². The van der Waals surface area contributed by atoms with E-state index in [4.69, 9.17) is 4.74 Å². The molecule has 1 aliphatic rings. The summed E-state index contributed by atoms with van der Waals surface area (Å²) in [6, 6.07) is 13.0. The zero-order valence-corrected chi connectivity index (χ0v) is 15.7. The summed E-state index contributed by atoms with van der Waals surface area (Å²) in [4.78, 5) is 48.5. The van der Waals surface area contributed by atoms with Crippen LogP contribution in [0.5, 0.6) is 0 Å². The van der Waals surface area contributed by atoms with E-state index in [0.717, 1.165) is 4.90 Å². The second-order valence-corrected chi connectivity index (χ2v) is 6.63. The lowest BCUT2D eigenvalue weighted by Crippen LogP contribution is -2.28. The van der Waals surface area contributed by atoms with Crippen molar-refractivity contribution in [2.75, 3.05) is 16.8 Å². The normalized spacial score (nSPS) is 13.6. The van der Waals surface area contributed by atoms with Crippen molar-refractivity contribution in [3.8, 4) is 0 Å². The van der Waals surface area contributed by atoms with Gasteiger partial charge in [-0.15, -0.1) is 0 Å². The van der Waals surface area contributed by atoms with Crippen molar-refractivity contribution >= 4 is 51.0 Å². The Balaban J connectivity index is 1.57. The first-order valence-electron chi connectivity index (χ1n) is 8.13. The van der Waals surface area contributed by atoms with E-state index in [2.05, 4.69) is 21.2 Å². The van der Waals surface area contributed by atoms with E-state index in [1.165, 1.54) is 24.3 Å². The lowest BCUT2D eigenvalue weighted by molar-refractivity contribution is -0.121. The molecule has 0 spiro atoms. The molecule has 1 saturated heterocycles.